The van der Waals surface area contributed by atoms with Crippen molar-refractivity contribution < 1.29 is 38.9 Å². The topological polar surface area (TPSA) is 171 Å². The fourth-order valence-corrected chi connectivity index (χ4v) is 4.49. The van der Waals surface area contributed by atoms with Crippen LogP contribution >= 0.6 is 0 Å². The number of nitrogens with one attached hydrogen (secondary N) is 3. The molecule has 208 valence electrons. The minimum atomic E-state index is -1.42. The summed E-state index contributed by atoms with van der Waals surface area (Å²) in [5, 5.41) is 25.3. The lowest BCUT2D eigenvalue weighted by molar-refractivity contribution is -0.143. The van der Waals surface area contributed by atoms with Gasteiger partial charge in [-0.25, -0.2) is 9.59 Å². The zero-order chi connectivity index (χ0) is 28.7. The molecule has 11 heteroatoms. The minimum absolute atomic E-state index is 0.0675. The molecule has 0 fully saturated rings. The van der Waals surface area contributed by atoms with Crippen LogP contribution in [0.1, 0.15) is 50.7 Å². The molecule has 0 unspecified atom stereocenters. The average Bonchev–Trinajstić information content (AvgIpc) is 3.21. The second kappa shape index (κ2) is 12.9. The number of carbonyl (C=O) groups is 5. The van der Waals surface area contributed by atoms with Gasteiger partial charge in [-0.2, -0.15) is 0 Å². The Bertz CT molecular complexity index is 1200. The van der Waals surface area contributed by atoms with E-state index in [1.165, 1.54) is 6.92 Å². The summed E-state index contributed by atoms with van der Waals surface area (Å²) in [6.07, 6.45) is -1.55. The molecule has 1 aliphatic rings. The van der Waals surface area contributed by atoms with Gasteiger partial charge in [0.15, 0.2) is 0 Å². The SMILES string of the molecule is CC(C)[C@H](NC(=O)OCC1c2ccccc2-c2ccccc21)C(=O)N[C@@H](C)C(=O)N[C@@H](CCC(=O)O)C(=O)O. The van der Waals surface area contributed by atoms with Crippen molar-refractivity contribution >= 4 is 29.8 Å². The average molecular weight is 540 g/mol. The van der Waals surface area contributed by atoms with Crippen molar-refractivity contribution in [2.45, 2.75) is 57.7 Å². The molecular weight excluding hydrogens is 506 g/mol. The first-order valence-corrected chi connectivity index (χ1v) is 12.7. The van der Waals surface area contributed by atoms with E-state index in [0.717, 1.165) is 22.3 Å². The Morgan fingerprint density at radius 3 is 1.90 bits per heavy atom. The molecule has 0 spiro atoms. The summed E-state index contributed by atoms with van der Waals surface area (Å²) in [5.74, 6) is -4.55. The summed E-state index contributed by atoms with van der Waals surface area (Å²) in [4.78, 5) is 60.2. The first kappa shape index (κ1) is 29.2. The van der Waals surface area contributed by atoms with Crippen molar-refractivity contribution in [3.63, 3.8) is 0 Å². The highest BCUT2D eigenvalue weighted by Crippen LogP contribution is 2.44. The minimum Gasteiger partial charge on any atom is -0.481 e. The second-order valence-electron chi connectivity index (χ2n) is 9.75. The molecule has 39 heavy (non-hydrogen) atoms. The summed E-state index contributed by atoms with van der Waals surface area (Å²) in [6.45, 7) is 4.85. The predicted molar refractivity (Wildman–Crippen MR) is 141 cm³/mol. The van der Waals surface area contributed by atoms with Crippen molar-refractivity contribution in [2.75, 3.05) is 6.61 Å². The highest BCUT2D eigenvalue weighted by molar-refractivity contribution is 5.92. The van der Waals surface area contributed by atoms with Crippen molar-refractivity contribution in [3.8, 4) is 11.1 Å². The van der Waals surface area contributed by atoms with Gasteiger partial charge < -0.3 is 30.9 Å². The fraction of sp³-hybridized carbons (Fsp3) is 0.393. The van der Waals surface area contributed by atoms with Crippen LogP contribution in [0.15, 0.2) is 48.5 Å². The quantitative estimate of drug-likeness (QED) is 0.274. The summed E-state index contributed by atoms with van der Waals surface area (Å²) >= 11 is 0. The van der Waals surface area contributed by atoms with Gasteiger partial charge in [0.05, 0.1) is 0 Å². The van der Waals surface area contributed by atoms with Crippen LogP contribution in [0.2, 0.25) is 0 Å². The van der Waals surface area contributed by atoms with Gasteiger partial charge in [0.2, 0.25) is 11.8 Å². The van der Waals surface area contributed by atoms with Crippen LogP contribution in [0.5, 0.6) is 0 Å². The number of hydrogen-bond acceptors (Lipinski definition) is 6. The highest BCUT2D eigenvalue weighted by Gasteiger charge is 2.32. The van der Waals surface area contributed by atoms with E-state index >= 15 is 0 Å². The molecule has 0 bridgehead atoms. The van der Waals surface area contributed by atoms with E-state index in [1.54, 1.807) is 13.8 Å². The lowest BCUT2D eigenvalue weighted by atomic mass is 9.98. The number of ether oxygens (including phenoxy) is 1. The van der Waals surface area contributed by atoms with Gasteiger partial charge in [-0.05, 0) is 41.5 Å². The number of fused-ring (bicyclic) bond motifs is 3. The monoisotopic (exact) mass is 539 g/mol. The fourth-order valence-electron chi connectivity index (χ4n) is 4.49. The number of hydrogen-bond donors (Lipinski definition) is 5. The maximum Gasteiger partial charge on any atom is 0.407 e. The van der Waals surface area contributed by atoms with Crippen LogP contribution in [-0.4, -0.2) is 64.8 Å². The molecule has 0 radical (unpaired) electrons. The van der Waals surface area contributed by atoms with Crippen molar-refractivity contribution in [1.29, 1.82) is 0 Å². The molecule has 3 amide bonds. The largest absolute Gasteiger partial charge is 0.481 e. The molecule has 0 heterocycles. The molecule has 3 rings (SSSR count). The molecule has 5 N–H and O–H groups in total. The highest BCUT2D eigenvalue weighted by atomic mass is 16.5. The molecule has 0 saturated carbocycles. The predicted octanol–water partition coefficient (Wildman–Crippen LogP) is 2.49. The molecule has 1 aliphatic carbocycles. The third-order valence-corrected chi connectivity index (χ3v) is 6.58. The van der Waals surface area contributed by atoms with E-state index in [2.05, 4.69) is 16.0 Å². The number of aliphatic carboxylic acids is 2. The van der Waals surface area contributed by atoms with Gasteiger partial charge >= 0.3 is 18.0 Å². The Balaban J connectivity index is 1.58. The maximum absolute atomic E-state index is 12.9. The van der Waals surface area contributed by atoms with Gasteiger partial charge in [0.25, 0.3) is 0 Å². The Hall–Kier alpha value is -4.41. The molecule has 0 aromatic heterocycles. The van der Waals surface area contributed by atoms with Crippen molar-refractivity contribution in [2.24, 2.45) is 5.92 Å². The third-order valence-electron chi connectivity index (χ3n) is 6.58. The van der Waals surface area contributed by atoms with Crippen LogP contribution in [0.4, 0.5) is 4.79 Å². The number of carboxylic acids is 2. The Morgan fingerprint density at radius 1 is 0.821 bits per heavy atom. The molecule has 0 aliphatic heterocycles. The maximum atomic E-state index is 12.9. The van der Waals surface area contributed by atoms with E-state index in [-0.39, 0.29) is 24.9 Å². The lowest BCUT2D eigenvalue weighted by Crippen LogP contribution is -2.56. The van der Waals surface area contributed by atoms with Gasteiger partial charge in [0.1, 0.15) is 24.7 Å². The summed E-state index contributed by atoms with van der Waals surface area (Å²) in [5.41, 5.74) is 4.27. The van der Waals surface area contributed by atoms with Crippen molar-refractivity contribution in [3.05, 3.63) is 59.7 Å². The van der Waals surface area contributed by atoms with E-state index in [0.29, 0.717) is 0 Å². The molecule has 2 aromatic rings. The Kier molecular flexibility index (Phi) is 9.64. The lowest BCUT2D eigenvalue weighted by Gasteiger charge is -2.24. The first-order valence-electron chi connectivity index (χ1n) is 12.7. The first-order chi connectivity index (χ1) is 18.5. The van der Waals surface area contributed by atoms with Crippen LogP contribution in [-0.2, 0) is 23.9 Å². The number of rotatable bonds is 12. The second-order valence-corrected chi connectivity index (χ2v) is 9.75. The van der Waals surface area contributed by atoms with Gasteiger partial charge in [-0.3, -0.25) is 14.4 Å². The molecular formula is C28H33N3O8. The van der Waals surface area contributed by atoms with Gasteiger partial charge in [0, 0.05) is 12.3 Å². The Labute approximate surface area is 225 Å². The van der Waals surface area contributed by atoms with Gasteiger partial charge in [-0.15, -0.1) is 0 Å². The number of benzene rings is 2. The number of carboxylic acid groups (broad SMARTS) is 2. The van der Waals surface area contributed by atoms with Crippen LogP contribution < -0.4 is 16.0 Å². The number of alkyl carbamates (subject to hydrolysis) is 1. The summed E-state index contributed by atoms with van der Waals surface area (Å²) in [7, 11) is 0. The number of carbonyl (C=O) groups excluding carboxylic acids is 3. The smallest absolute Gasteiger partial charge is 0.407 e. The molecule has 11 nitrogen and oxygen atoms in total. The van der Waals surface area contributed by atoms with Crippen molar-refractivity contribution in [1.82, 2.24) is 16.0 Å². The van der Waals surface area contributed by atoms with Crippen LogP contribution in [0.25, 0.3) is 11.1 Å². The molecule has 3 atom stereocenters. The van der Waals surface area contributed by atoms with Crippen LogP contribution in [0.3, 0.4) is 0 Å². The summed E-state index contributed by atoms with van der Waals surface area (Å²) < 4.78 is 5.53. The Morgan fingerprint density at radius 2 is 1.38 bits per heavy atom. The summed E-state index contributed by atoms with van der Waals surface area (Å²) in [6, 6.07) is 12.2. The molecule has 0 saturated heterocycles. The third kappa shape index (κ3) is 7.34. The standard InChI is InChI=1S/C28H33N3O8/c1-15(2)24(26(35)29-16(3)25(34)30-22(27(36)37)12-13-23(32)33)31-28(38)39-14-21-19-10-6-4-8-17(19)18-9-5-7-11-20(18)21/h4-11,15-16,21-22,24H,12-14H2,1-3H3,(H,29,35)(H,30,34)(H,31,38)(H,32,33)(H,36,37)/t16-,22-,24-/m0/s1. The number of amides is 3. The normalized spacial score (nSPS) is 14.4. The van der Waals surface area contributed by atoms with E-state index in [4.69, 9.17) is 9.84 Å². The van der Waals surface area contributed by atoms with E-state index < -0.39 is 54.4 Å². The van der Waals surface area contributed by atoms with Gasteiger partial charge in [-0.1, -0.05) is 62.4 Å². The van der Waals surface area contributed by atoms with E-state index in [9.17, 15) is 29.1 Å². The van der Waals surface area contributed by atoms with E-state index in [1.807, 2.05) is 48.5 Å². The van der Waals surface area contributed by atoms with Crippen LogP contribution in [0, 0.1) is 5.92 Å². The zero-order valence-corrected chi connectivity index (χ0v) is 22.0. The molecule has 2 aromatic carbocycles. The zero-order valence-electron chi connectivity index (χ0n) is 22.0.